The van der Waals surface area contributed by atoms with Gasteiger partial charge in [0.15, 0.2) is 5.71 Å². The molecule has 0 atom stereocenters. The Morgan fingerprint density at radius 2 is 1.76 bits per heavy atom. The Kier molecular flexibility index (Phi) is 12.8. The van der Waals surface area contributed by atoms with Gasteiger partial charge in [-0.25, -0.2) is 5.26 Å². The van der Waals surface area contributed by atoms with Gasteiger partial charge in [0.25, 0.3) is 10.1 Å². The monoisotopic (exact) mass is 667 g/mol. The zero-order valence-electron chi connectivity index (χ0n) is 25.0. The molecule has 0 saturated carbocycles. The molecule has 3 N–H and O–H groups in total. The lowest BCUT2D eigenvalue weighted by Crippen LogP contribution is -2.28. The number of allylic oxidation sites excluding steroid dienone is 4. The van der Waals surface area contributed by atoms with E-state index in [2.05, 4.69) is 51.8 Å². The second-order valence-corrected chi connectivity index (χ2v) is 13.9. The number of carbonyl (C=O) groups is 1. The van der Waals surface area contributed by atoms with E-state index in [1.165, 1.54) is 12.1 Å². The van der Waals surface area contributed by atoms with Gasteiger partial charge < -0.3 is 10.0 Å². The van der Waals surface area contributed by atoms with Crippen LogP contribution in [-0.2, 0) is 35.1 Å². The molecule has 10 nitrogen and oxygen atoms in total. The summed E-state index contributed by atoms with van der Waals surface area (Å²) in [5.74, 6) is -0.811. The van der Waals surface area contributed by atoms with Crippen molar-refractivity contribution in [1.82, 2.24) is 0 Å². The van der Waals surface area contributed by atoms with Gasteiger partial charge in [0.1, 0.15) is 6.54 Å². The number of fused-ring (bicyclic) bond motifs is 2. The fourth-order valence-electron chi connectivity index (χ4n) is 6.11. The number of nitrogens with zero attached hydrogens (tertiary/aromatic N) is 2. The van der Waals surface area contributed by atoms with E-state index >= 15 is 0 Å². The maximum Gasteiger partial charge on any atom is 0.303 e. The number of aliphatic carboxylic acids is 1. The first-order valence-corrected chi connectivity index (χ1v) is 16.4. The number of unbranched alkanes of at least 4 members (excludes halogenated alkanes) is 2. The van der Waals surface area contributed by atoms with E-state index in [4.69, 9.17) is 10.4 Å². The third kappa shape index (κ3) is 7.87. The molecule has 0 aromatic heterocycles. The predicted octanol–water partition coefficient (Wildman–Crippen LogP) is 8.40. The van der Waals surface area contributed by atoms with Gasteiger partial charge >= 0.3 is 5.97 Å². The van der Waals surface area contributed by atoms with E-state index in [9.17, 15) is 17.8 Å². The Morgan fingerprint density at radius 1 is 1.04 bits per heavy atom. The third-order valence-corrected chi connectivity index (χ3v) is 9.71. The number of carboxylic acid groups (broad SMARTS) is 1. The highest BCUT2D eigenvalue weighted by Gasteiger charge is 2.45. The van der Waals surface area contributed by atoms with Crippen LogP contribution in [0.2, 0.25) is 0 Å². The summed E-state index contributed by atoms with van der Waals surface area (Å²) in [4.78, 5) is 13.9. The molecule has 2 heterocycles. The minimum absolute atomic E-state index is 0. The van der Waals surface area contributed by atoms with Crippen LogP contribution >= 0.6 is 12.0 Å². The normalized spacial score (nSPS) is 17.3. The van der Waals surface area contributed by atoms with E-state index in [1.807, 2.05) is 38.1 Å². The lowest BCUT2D eigenvalue weighted by molar-refractivity contribution is -0.438. The number of carboxylic acids is 1. The highest BCUT2D eigenvalue weighted by atomic mass is 32.2. The van der Waals surface area contributed by atoms with Crippen molar-refractivity contribution in [3.8, 4) is 0 Å². The Morgan fingerprint density at radius 3 is 2.38 bits per heavy atom. The molecule has 0 fully saturated rings. The second-order valence-electron chi connectivity index (χ2n) is 11.7. The van der Waals surface area contributed by atoms with Crippen LogP contribution in [0, 0.1) is 0 Å². The summed E-state index contributed by atoms with van der Waals surface area (Å²) in [6.07, 6.45) is 8.39. The smallest absolute Gasteiger partial charge is 0.303 e. The average Bonchev–Trinajstić information content (AvgIpc) is 3.29. The molecule has 2 aromatic rings. The van der Waals surface area contributed by atoms with Crippen LogP contribution in [0.5, 0.6) is 0 Å². The van der Waals surface area contributed by atoms with Gasteiger partial charge in [0, 0.05) is 61.6 Å². The molecule has 4 rings (SSSR count). The van der Waals surface area contributed by atoms with Crippen LogP contribution in [0.4, 0.5) is 11.4 Å². The van der Waals surface area contributed by atoms with Crippen LogP contribution in [0.25, 0.3) is 0 Å². The van der Waals surface area contributed by atoms with Crippen molar-refractivity contribution in [2.24, 2.45) is 0 Å². The van der Waals surface area contributed by atoms with Gasteiger partial charge in [-0.05, 0) is 75.6 Å². The van der Waals surface area contributed by atoms with Gasteiger partial charge in [-0.15, -0.1) is 4.33 Å². The third-order valence-electron chi connectivity index (χ3n) is 8.28. The highest BCUT2D eigenvalue weighted by molar-refractivity contribution is 7.94. The molecular formula is C33H51N2O8S2+. The number of rotatable bonds is 13. The van der Waals surface area contributed by atoms with Crippen molar-refractivity contribution in [2.75, 3.05) is 18.0 Å². The van der Waals surface area contributed by atoms with Crippen molar-refractivity contribution >= 4 is 45.2 Å². The van der Waals surface area contributed by atoms with E-state index in [0.29, 0.717) is 13.0 Å². The van der Waals surface area contributed by atoms with Crippen molar-refractivity contribution in [3.63, 3.8) is 0 Å². The predicted molar refractivity (Wildman–Crippen MR) is 183 cm³/mol. The summed E-state index contributed by atoms with van der Waals surface area (Å²) in [5, 5.41) is 21.3. The molecule has 252 valence electrons. The number of benzene rings is 2. The quantitative estimate of drug-likeness (QED) is 0.0477. The molecular weight excluding hydrogens is 617 g/mol. The number of hydrogen-bond donors (Lipinski definition) is 3. The first-order chi connectivity index (χ1) is 20.2. The Hall–Kier alpha value is -3.00. The molecule has 0 aliphatic carbocycles. The molecule has 12 heteroatoms. The average molecular weight is 668 g/mol. The fourth-order valence-corrected chi connectivity index (χ4v) is 7.02. The van der Waals surface area contributed by atoms with E-state index in [0.717, 1.165) is 70.2 Å². The van der Waals surface area contributed by atoms with Crippen LogP contribution in [0.3, 0.4) is 0 Å². The fraction of sp³-hybridized carbons (Fsp3) is 0.455. The van der Waals surface area contributed by atoms with Gasteiger partial charge in [-0.3, -0.25) is 9.35 Å². The summed E-state index contributed by atoms with van der Waals surface area (Å²) < 4.78 is 40.4. The summed E-state index contributed by atoms with van der Waals surface area (Å²) in [7, 11) is -4.37. The molecule has 0 unspecified atom stereocenters. The maximum atomic E-state index is 11.9. The highest BCUT2D eigenvalue weighted by Crippen LogP contribution is 2.49. The standard InChI is InChI=1S/C31H38N2O8S2.2CH4.2H2/c1-6-32-25-16-14-21(42-41-40-36)19-23(25)30(2,3)27(32)11-10-12-28-31(4,5)24-20-22(43(37,38)39)15-17-26(24)33(28)18-9-7-8-13-29(34)35;;;;/h10-12,14-17,19-20H,6-9,13,18H2,1-5H3,(H2-,34,35,36,37,38,39);2*1H4;2*1H/p+1. The van der Waals surface area contributed by atoms with Crippen LogP contribution in [-0.4, -0.2) is 52.7 Å². The molecule has 2 aliphatic heterocycles. The summed E-state index contributed by atoms with van der Waals surface area (Å²) in [5.41, 5.74) is 5.04. The van der Waals surface area contributed by atoms with E-state index < -0.39 is 21.5 Å². The first kappa shape index (κ1) is 38.2. The number of anilines is 1. The van der Waals surface area contributed by atoms with Crippen molar-refractivity contribution < 1.29 is 44.9 Å². The van der Waals surface area contributed by atoms with Gasteiger partial charge in [-0.2, -0.15) is 13.0 Å². The van der Waals surface area contributed by atoms with Crippen LogP contribution < -0.4 is 4.90 Å². The van der Waals surface area contributed by atoms with Crippen LogP contribution in [0.15, 0.2) is 70.1 Å². The van der Waals surface area contributed by atoms with Crippen LogP contribution in [0.1, 0.15) is 89.1 Å². The molecule has 0 amide bonds. The first-order valence-electron chi connectivity index (χ1n) is 14.2. The van der Waals surface area contributed by atoms with E-state index in [1.54, 1.807) is 6.07 Å². The lowest BCUT2D eigenvalue weighted by Gasteiger charge is -2.25. The SMILES string of the molecule is C.C.CCN1C(=CC=CC2=[N+](CCCCCC(=O)O)c3ccc(S(=O)(=O)O)cc3C2(C)C)C(C)(C)c2cc(SOOO)ccc21.[HH].[HH]. The minimum atomic E-state index is -4.37. The molecule has 0 saturated heterocycles. The molecule has 0 radical (unpaired) electrons. The van der Waals surface area contributed by atoms with Gasteiger partial charge in [0.2, 0.25) is 5.69 Å². The minimum Gasteiger partial charge on any atom is -0.481 e. The maximum absolute atomic E-state index is 11.9. The zero-order chi connectivity index (χ0) is 31.6. The second kappa shape index (κ2) is 15.1. The molecule has 2 aliphatic rings. The molecule has 2 aromatic carbocycles. The zero-order valence-corrected chi connectivity index (χ0v) is 26.7. The van der Waals surface area contributed by atoms with E-state index in [-0.39, 0.29) is 34.4 Å². The summed E-state index contributed by atoms with van der Waals surface area (Å²) in [6.45, 7) is 11.9. The molecule has 45 heavy (non-hydrogen) atoms. The van der Waals surface area contributed by atoms with Crippen molar-refractivity contribution in [1.29, 1.82) is 0 Å². The van der Waals surface area contributed by atoms with Gasteiger partial charge in [-0.1, -0.05) is 39.8 Å². The molecule has 0 spiro atoms. The Bertz CT molecular complexity index is 1610. The summed E-state index contributed by atoms with van der Waals surface area (Å²) in [6, 6.07) is 10.6. The van der Waals surface area contributed by atoms with Crippen molar-refractivity contribution in [2.45, 2.75) is 95.8 Å². The molecule has 0 bridgehead atoms. The Labute approximate surface area is 274 Å². The topological polar surface area (TPSA) is 137 Å². The van der Waals surface area contributed by atoms with Crippen molar-refractivity contribution in [3.05, 3.63) is 71.5 Å². The lowest BCUT2D eigenvalue weighted by atomic mass is 9.81. The Balaban J connectivity index is 0.00000529. The summed E-state index contributed by atoms with van der Waals surface area (Å²) >= 11 is 0.924. The number of hydrogen-bond acceptors (Lipinski definition) is 8. The largest absolute Gasteiger partial charge is 0.481 e. The van der Waals surface area contributed by atoms with Gasteiger partial charge in [0.05, 0.1) is 22.4 Å². The number of likely N-dealkylation sites (N-methyl/N-ethyl adjacent to an activating group) is 1.